The summed E-state index contributed by atoms with van der Waals surface area (Å²) in [7, 11) is 0. The van der Waals surface area contributed by atoms with E-state index >= 15 is 0 Å². The van der Waals surface area contributed by atoms with Gasteiger partial charge in [0.2, 0.25) is 0 Å². The van der Waals surface area contributed by atoms with Crippen LogP contribution in [0.25, 0.3) is 11.1 Å². The number of benzene rings is 3. The second-order valence-corrected chi connectivity index (χ2v) is 7.31. The standard InChI is InChI=1S/C23H21BrO3/c1-16-18(10-13-23(25)26)8-5-9-20(16)21-14-19(24)11-12-22(21)27-15-17-6-3-2-4-7-17/h2-9,11-12,14H,10,13,15H2,1H3,(H,25,26). The van der Waals surface area contributed by atoms with E-state index in [1.54, 1.807) is 0 Å². The summed E-state index contributed by atoms with van der Waals surface area (Å²) in [5, 5.41) is 8.98. The molecule has 0 fully saturated rings. The minimum absolute atomic E-state index is 0.125. The summed E-state index contributed by atoms with van der Waals surface area (Å²) in [5.41, 5.74) is 5.29. The predicted molar refractivity (Wildman–Crippen MR) is 111 cm³/mol. The Morgan fingerprint density at radius 1 is 1.00 bits per heavy atom. The van der Waals surface area contributed by atoms with Crippen molar-refractivity contribution in [1.29, 1.82) is 0 Å². The van der Waals surface area contributed by atoms with Crippen LogP contribution < -0.4 is 4.74 Å². The summed E-state index contributed by atoms with van der Waals surface area (Å²) in [5.74, 6) is 0.0229. The van der Waals surface area contributed by atoms with E-state index in [1.807, 2.05) is 67.6 Å². The zero-order valence-electron chi connectivity index (χ0n) is 15.1. The van der Waals surface area contributed by atoms with Crippen molar-refractivity contribution in [2.45, 2.75) is 26.4 Å². The van der Waals surface area contributed by atoms with Gasteiger partial charge in [-0.2, -0.15) is 0 Å². The number of halogens is 1. The molecule has 0 aliphatic heterocycles. The van der Waals surface area contributed by atoms with Crippen molar-refractivity contribution in [3.8, 4) is 16.9 Å². The molecule has 0 radical (unpaired) electrons. The Balaban J connectivity index is 1.92. The number of ether oxygens (including phenoxy) is 1. The third-order valence-corrected chi connectivity index (χ3v) is 5.02. The van der Waals surface area contributed by atoms with Crippen LogP contribution in [0.1, 0.15) is 23.1 Å². The Morgan fingerprint density at radius 3 is 2.52 bits per heavy atom. The summed E-state index contributed by atoms with van der Waals surface area (Å²) < 4.78 is 7.08. The van der Waals surface area contributed by atoms with Gasteiger partial charge in [0.15, 0.2) is 0 Å². The molecule has 3 nitrogen and oxygen atoms in total. The molecule has 0 atom stereocenters. The van der Waals surface area contributed by atoms with Crippen LogP contribution in [0, 0.1) is 6.92 Å². The first-order valence-corrected chi connectivity index (χ1v) is 9.61. The number of aryl methyl sites for hydroxylation is 1. The molecule has 3 aromatic carbocycles. The van der Waals surface area contributed by atoms with Gasteiger partial charge in [-0.25, -0.2) is 0 Å². The lowest BCUT2D eigenvalue weighted by Crippen LogP contribution is -2.01. The van der Waals surface area contributed by atoms with Gasteiger partial charge in [0.1, 0.15) is 12.4 Å². The maximum Gasteiger partial charge on any atom is 0.303 e. The molecule has 0 unspecified atom stereocenters. The molecule has 0 heterocycles. The second kappa shape index (κ2) is 8.87. The van der Waals surface area contributed by atoms with E-state index in [4.69, 9.17) is 9.84 Å². The van der Waals surface area contributed by atoms with Crippen LogP contribution in [0.4, 0.5) is 0 Å². The van der Waals surface area contributed by atoms with Crippen LogP contribution in [-0.2, 0) is 17.8 Å². The third-order valence-electron chi connectivity index (χ3n) is 4.52. The Kier molecular flexibility index (Phi) is 6.30. The lowest BCUT2D eigenvalue weighted by Gasteiger charge is -2.16. The van der Waals surface area contributed by atoms with E-state index < -0.39 is 5.97 Å². The summed E-state index contributed by atoms with van der Waals surface area (Å²) in [4.78, 5) is 10.9. The van der Waals surface area contributed by atoms with E-state index in [1.165, 1.54) is 0 Å². The first-order valence-electron chi connectivity index (χ1n) is 8.81. The van der Waals surface area contributed by atoms with Crippen LogP contribution in [-0.4, -0.2) is 11.1 Å². The SMILES string of the molecule is Cc1c(CCC(=O)O)cccc1-c1cc(Br)ccc1OCc1ccccc1. The number of rotatable bonds is 7. The van der Waals surface area contributed by atoms with Crippen LogP contribution in [0.3, 0.4) is 0 Å². The summed E-state index contributed by atoms with van der Waals surface area (Å²) in [6.07, 6.45) is 0.642. The van der Waals surface area contributed by atoms with E-state index in [0.717, 1.165) is 38.0 Å². The van der Waals surface area contributed by atoms with Gasteiger partial charge in [-0.3, -0.25) is 4.79 Å². The monoisotopic (exact) mass is 424 g/mol. The highest BCUT2D eigenvalue weighted by Gasteiger charge is 2.13. The topological polar surface area (TPSA) is 46.5 Å². The Hall–Kier alpha value is -2.59. The van der Waals surface area contributed by atoms with Crippen molar-refractivity contribution in [3.63, 3.8) is 0 Å². The first-order chi connectivity index (χ1) is 13.0. The highest BCUT2D eigenvalue weighted by molar-refractivity contribution is 9.10. The normalized spacial score (nSPS) is 10.6. The molecule has 4 heteroatoms. The first kappa shape index (κ1) is 19.2. The van der Waals surface area contributed by atoms with E-state index in [0.29, 0.717) is 13.0 Å². The molecule has 0 aliphatic rings. The van der Waals surface area contributed by atoms with Gasteiger partial charge in [0.25, 0.3) is 0 Å². The maximum atomic E-state index is 10.9. The molecular formula is C23H21BrO3. The zero-order chi connectivity index (χ0) is 19.2. The van der Waals surface area contributed by atoms with Crippen LogP contribution in [0.2, 0.25) is 0 Å². The molecule has 27 heavy (non-hydrogen) atoms. The number of carboxylic acid groups (broad SMARTS) is 1. The lowest BCUT2D eigenvalue weighted by atomic mass is 9.94. The van der Waals surface area contributed by atoms with Gasteiger partial charge in [-0.05, 0) is 53.8 Å². The molecule has 0 aromatic heterocycles. The van der Waals surface area contributed by atoms with Gasteiger partial charge >= 0.3 is 5.97 Å². The second-order valence-electron chi connectivity index (χ2n) is 6.40. The van der Waals surface area contributed by atoms with Gasteiger partial charge in [-0.1, -0.05) is 64.5 Å². The molecule has 0 saturated carbocycles. The fraction of sp³-hybridized carbons (Fsp3) is 0.174. The van der Waals surface area contributed by atoms with Crippen molar-refractivity contribution in [2.75, 3.05) is 0 Å². The van der Waals surface area contributed by atoms with Crippen LogP contribution in [0.15, 0.2) is 71.2 Å². The van der Waals surface area contributed by atoms with Gasteiger partial charge in [0, 0.05) is 16.5 Å². The van der Waals surface area contributed by atoms with Crippen molar-refractivity contribution in [2.24, 2.45) is 0 Å². The van der Waals surface area contributed by atoms with E-state index in [-0.39, 0.29) is 6.42 Å². The van der Waals surface area contributed by atoms with Crippen molar-refractivity contribution >= 4 is 21.9 Å². The number of hydrogen-bond donors (Lipinski definition) is 1. The Labute approximate surface area is 167 Å². The Morgan fingerprint density at radius 2 is 1.78 bits per heavy atom. The largest absolute Gasteiger partial charge is 0.488 e. The quantitative estimate of drug-likeness (QED) is 0.504. The van der Waals surface area contributed by atoms with Gasteiger partial charge in [0.05, 0.1) is 0 Å². The maximum absolute atomic E-state index is 10.9. The highest BCUT2D eigenvalue weighted by atomic mass is 79.9. The van der Waals surface area contributed by atoms with Crippen LogP contribution in [0.5, 0.6) is 5.75 Å². The molecular weight excluding hydrogens is 404 g/mol. The molecule has 0 amide bonds. The van der Waals surface area contributed by atoms with Crippen molar-refractivity contribution in [3.05, 3.63) is 87.9 Å². The fourth-order valence-corrected chi connectivity index (χ4v) is 3.42. The summed E-state index contributed by atoms with van der Waals surface area (Å²) >= 11 is 3.55. The van der Waals surface area contributed by atoms with Crippen molar-refractivity contribution in [1.82, 2.24) is 0 Å². The average molecular weight is 425 g/mol. The molecule has 138 valence electrons. The molecule has 1 N–H and O–H groups in total. The zero-order valence-corrected chi connectivity index (χ0v) is 16.7. The van der Waals surface area contributed by atoms with Gasteiger partial charge in [-0.15, -0.1) is 0 Å². The summed E-state index contributed by atoms with van der Waals surface area (Å²) in [6, 6.07) is 22.0. The summed E-state index contributed by atoms with van der Waals surface area (Å²) in [6.45, 7) is 2.53. The smallest absolute Gasteiger partial charge is 0.303 e. The number of carbonyl (C=O) groups is 1. The fourth-order valence-electron chi connectivity index (χ4n) is 3.06. The number of aliphatic carboxylic acids is 1. The molecule has 0 aliphatic carbocycles. The minimum atomic E-state index is -0.783. The van der Waals surface area contributed by atoms with Crippen LogP contribution >= 0.6 is 15.9 Å². The van der Waals surface area contributed by atoms with E-state index in [2.05, 4.69) is 22.0 Å². The molecule has 0 bridgehead atoms. The third kappa shape index (κ3) is 4.98. The van der Waals surface area contributed by atoms with Crippen molar-refractivity contribution < 1.29 is 14.6 Å². The molecule has 0 saturated heterocycles. The average Bonchev–Trinajstić information content (AvgIpc) is 2.67. The predicted octanol–water partition coefficient (Wildman–Crippen LogP) is 6.02. The van der Waals surface area contributed by atoms with E-state index in [9.17, 15) is 4.79 Å². The molecule has 3 aromatic rings. The highest BCUT2D eigenvalue weighted by Crippen LogP contribution is 2.36. The molecule has 0 spiro atoms. The molecule has 3 rings (SSSR count). The minimum Gasteiger partial charge on any atom is -0.488 e. The van der Waals surface area contributed by atoms with Gasteiger partial charge < -0.3 is 9.84 Å². The Bertz CT molecular complexity index is 936. The number of carboxylic acids is 1. The number of hydrogen-bond acceptors (Lipinski definition) is 2. The lowest BCUT2D eigenvalue weighted by molar-refractivity contribution is -0.136.